The maximum atomic E-state index is 11.7. The van der Waals surface area contributed by atoms with E-state index in [4.69, 9.17) is 4.79 Å². The van der Waals surface area contributed by atoms with E-state index in [9.17, 15) is 4.79 Å². The van der Waals surface area contributed by atoms with E-state index in [-0.39, 0.29) is 12.3 Å². The lowest BCUT2D eigenvalue weighted by Gasteiger charge is -2.06. The van der Waals surface area contributed by atoms with Crippen molar-refractivity contribution in [2.24, 2.45) is 5.73 Å². The average molecular weight is 515 g/mol. The molecule has 4 nitrogen and oxygen atoms in total. The molecular weight excluding hydrogens is 444 g/mol. The van der Waals surface area contributed by atoms with Gasteiger partial charge in [-0.2, -0.15) is 0 Å². The molecule has 4 heteroatoms. The fourth-order valence-electron chi connectivity index (χ4n) is 3.03. The number of carbonyl (C=O) groups excluding carboxylic acids is 2. The quantitative estimate of drug-likeness (QED) is 0.102. The number of primary amides is 1. The molecule has 0 aromatic carbocycles. The lowest BCUT2D eigenvalue weighted by molar-refractivity contribution is -0.121. The first kappa shape index (κ1) is 47.6. The molecule has 0 saturated heterocycles. The fraction of sp³-hybridized carbons (Fsp3) is 0.812. The van der Waals surface area contributed by atoms with Gasteiger partial charge in [-0.3, -0.25) is 9.59 Å². The molecule has 0 unspecified atom stereocenters. The molecule has 3 N–H and O–H groups in total. The van der Waals surface area contributed by atoms with Gasteiger partial charge in [0, 0.05) is 13.0 Å². The Balaban J connectivity index is -0.000000159. The van der Waals surface area contributed by atoms with Crippen LogP contribution in [0.3, 0.4) is 0 Å². The van der Waals surface area contributed by atoms with Crippen LogP contribution < -0.4 is 11.1 Å². The molecule has 0 aliphatic rings. The number of nitrogens with two attached hydrogens (primary N) is 1. The van der Waals surface area contributed by atoms with Crippen molar-refractivity contribution in [1.29, 1.82) is 0 Å². The Morgan fingerprint density at radius 2 is 1.03 bits per heavy atom. The Bertz CT molecular complexity index is 352. The Morgan fingerprint density at radius 1 is 0.694 bits per heavy atom. The summed E-state index contributed by atoms with van der Waals surface area (Å²) in [4.78, 5) is 20.3. The normalized spacial score (nSPS) is 8.33. The Hall–Kier alpha value is -1.58. The summed E-state index contributed by atoms with van der Waals surface area (Å²) in [7, 11) is 0. The molecular formula is C32H70N2O2. The van der Waals surface area contributed by atoms with Gasteiger partial charge in [0.25, 0.3) is 0 Å². The second-order valence-electron chi connectivity index (χ2n) is 7.67. The van der Waals surface area contributed by atoms with Gasteiger partial charge in [-0.25, -0.2) is 0 Å². The van der Waals surface area contributed by atoms with Crippen LogP contribution in [0.4, 0.5) is 0 Å². The summed E-state index contributed by atoms with van der Waals surface area (Å²) in [5, 5.41) is 3.07. The van der Waals surface area contributed by atoms with Crippen LogP contribution in [0.2, 0.25) is 0 Å². The predicted octanol–water partition coefficient (Wildman–Crippen LogP) is 10.3. The van der Waals surface area contributed by atoms with Crippen molar-refractivity contribution in [1.82, 2.24) is 5.32 Å². The molecule has 0 aliphatic carbocycles. The van der Waals surface area contributed by atoms with Crippen molar-refractivity contribution in [2.45, 2.75) is 165 Å². The van der Waals surface area contributed by atoms with Gasteiger partial charge in [-0.1, -0.05) is 138 Å². The van der Waals surface area contributed by atoms with Gasteiger partial charge in [0.15, 0.2) is 0 Å². The minimum atomic E-state index is 0.250. The molecule has 0 bridgehead atoms. The third-order valence-electron chi connectivity index (χ3n) is 4.66. The topological polar surface area (TPSA) is 72.2 Å². The summed E-state index contributed by atoms with van der Waals surface area (Å²) in [5.41, 5.74) is 4.17. The van der Waals surface area contributed by atoms with E-state index in [0.717, 1.165) is 25.8 Å². The Labute approximate surface area is 229 Å². The van der Waals surface area contributed by atoms with Crippen molar-refractivity contribution < 1.29 is 9.59 Å². The van der Waals surface area contributed by atoms with Crippen LogP contribution in [-0.4, -0.2) is 18.9 Å². The molecule has 0 fully saturated rings. The van der Waals surface area contributed by atoms with Crippen LogP contribution in [0.15, 0.2) is 25.3 Å². The van der Waals surface area contributed by atoms with Crippen LogP contribution in [0, 0.1) is 0 Å². The molecule has 0 aromatic rings. The summed E-state index contributed by atoms with van der Waals surface area (Å²) in [5.74, 6) is 0.255. The molecule has 2 amide bonds. The van der Waals surface area contributed by atoms with Crippen LogP contribution in [0.25, 0.3) is 0 Å². The third-order valence-corrected chi connectivity index (χ3v) is 4.66. The standard InChI is InChI=1S/C22H43NO.C3H6.3C2H6.CH3NO/c1-3-5-7-9-11-12-13-15-17-19-21-23-22(24)20-18-16-14-10-8-6-4-2;1-3-2;3*1-2;2-1-3/h3H,1,4-21H2,2H3,(H,23,24);3H,1H2,2H3;3*1-2H3;1H,(H2,2,3). The first-order valence-corrected chi connectivity index (χ1v) is 15.2. The Kier molecular flexibility index (Phi) is 84.7. The second kappa shape index (κ2) is 64.0. The molecule has 220 valence electrons. The minimum absolute atomic E-state index is 0.250. The number of unbranched alkanes of at least 4 members (excludes halogenated alkanes) is 14. The maximum Gasteiger partial charge on any atom is 0.219 e. The molecule has 0 rings (SSSR count). The predicted molar refractivity (Wildman–Crippen MR) is 168 cm³/mol. The molecule has 0 heterocycles. The summed E-state index contributed by atoms with van der Waals surface area (Å²) >= 11 is 0. The van der Waals surface area contributed by atoms with Crippen molar-refractivity contribution in [2.75, 3.05) is 6.54 Å². The van der Waals surface area contributed by atoms with Gasteiger partial charge >= 0.3 is 0 Å². The zero-order chi connectivity index (χ0) is 29.1. The van der Waals surface area contributed by atoms with E-state index in [0.29, 0.717) is 0 Å². The fourth-order valence-corrected chi connectivity index (χ4v) is 3.03. The number of hydrogen-bond acceptors (Lipinski definition) is 2. The highest BCUT2D eigenvalue weighted by molar-refractivity contribution is 5.75. The van der Waals surface area contributed by atoms with E-state index in [1.54, 1.807) is 6.08 Å². The number of amides is 2. The first-order chi connectivity index (χ1) is 17.6. The number of rotatable bonds is 19. The SMILES string of the molecule is C=CC.C=CCCCCCCCCCCNC(=O)CCCCCCCCC.CC.CC.CC.NC=O. The molecule has 0 spiro atoms. The summed E-state index contributed by atoms with van der Waals surface area (Å²) in [6.07, 6.45) is 25.3. The molecule has 0 aliphatic heterocycles. The summed E-state index contributed by atoms with van der Waals surface area (Å²) in [6.45, 7) is 24.1. The van der Waals surface area contributed by atoms with Gasteiger partial charge in [-0.05, 0) is 32.6 Å². The highest BCUT2D eigenvalue weighted by Crippen LogP contribution is 2.10. The van der Waals surface area contributed by atoms with Crippen LogP contribution in [0.1, 0.15) is 165 Å². The van der Waals surface area contributed by atoms with Gasteiger partial charge < -0.3 is 11.1 Å². The maximum absolute atomic E-state index is 11.7. The minimum Gasteiger partial charge on any atom is -0.372 e. The van der Waals surface area contributed by atoms with Crippen molar-refractivity contribution in [3.8, 4) is 0 Å². The average Bonchev–Trinajstić information content (AvgIpc) is 2.91. The second-order valence-corrected chi connectivity index (χ2v) is 7.67. The number of hydrogen-bond donors (Lipinski definition) is 2. The van der Waals surface area contributed by atoms with E-state index in [2.05, 4.69) is 31.1 Å². The largest absolute Gasteiger partial charge is 0.372 e. The van der Waals surface area contributed by atoms with Gasteiger partial charge in [0.1, 0.15) is 0 Å². The molecule has 0 atom stereocenters. The van der Waals surface area contributed by atoms with E-state index in [1.165, 1.54) is 89.9 Å². The monoisotopic (exact) mass is 515 g/mol. The molecule has 0 radical (unpaired) electrons. The number of carbonyl (C=O) groups is 2. The summed E-state index contributed by atoms with van der Waals surface area (Å²) < 4.78 is 0. The molecule has 36 heavy (non-hydrogen) atoms. The molecule has 0 aromatic heterocycles. The highest BCUT2D eigenvalue weighted by Gasteiger charge is 2.00. The van der Waals surface area contributed by atoms with Crippen LogP contribution >= 0.6 is 0 Å². The highest BCUT2D eigenvalue weighted by atomic mass is 16.1. The van der Waals surface area contributed by atoms with Gasteiger partial charge in [0.2, 0.25) is 12.3 Å². The van der Waals surface area contributed by atoms with Crippen molar-refractivity contribution in [3.63, 3.8) is 0 Å². The van der Waals surface area contributed by atoms with Crippen molar-refractivity contribution >= 4 is 12.3 Å². The van der Waals surface area contributed by atoms with Gasteiger partial charge in [0.05, 0.1) is 0 Å². The van der Waals surface area contributed by atoms with Gasteiger partial charge in [-0.15, -0.1) is 13.2 Å². The lowest BCUT2D eigenvalue weighted by atomic mass is 10.1. The number of allylic oxidation sites excluding steroid dienone is 2. The smallest absolute Gasteiger partial charge is 0.219 e. The summed E-state index contributed by atoms with van der Waals surface area (Å²) in [6, 6.07) is 0. The zero-order valence-corrected chi connectivity index (χ0v) is 26.3. The first-order valence-electron chi connectivity index (χ1n) is 15.2. The van der Waals surface area contributed by atoms with Crippen molar-refractivity contribution in [3.05, 3.63) is 25.3 Å². The van der Waals surface area contributed by atoms with E-state index >= 15 is 0 Å². The molecule has 0 saturated carbocycles. The Morgan fingerprint density at radius 3 is 1.42 bits per heavy atom. The lowest BCUT2D eigenvalue weighted by Crippen LogP contribution is -2.23. The van der Waals surface area contributed by atoms with E-state index in [1.807, 2.05) is 54.5 Å². The van der Waals surface area contributed by atoms with E-state index < -0.39 is 0 Å². The van der Waals surface area contributed by atoms with Crippen LogP contribution in [-0.2, 0) is 9.59 Å². The third kappa shape index (κ3) is 76.8. The van der Waals surface area contributed by atoms with Crippen LogP contribution in [0.5, 0.6) is 0 Å². The number of nitrogens with one attached hydrogen (secondary N) is 1. The zero-order valence-electron chi connectivity index (χ0n) is 26.3.